The van der Waals surface area contributed by atoms with Gasteiger partial charge in [0.05, 0.1) is 43.3 Å². The van der Waals surface area contributed by atoms with Crippen LogP contribution in [-0.4, -0.2) is 92.3 Å². The van der Waals surface area contributed by atoms with Crippen molar-refractivity contribution in [2.75, 3.05) is 78.0 Å². The van der Waals surface area contributed by atoms with Crippen molar-refractivity contribution in [1.82, 2.24) is 4.90 Å². The van der Waals surface area contributed by atoms with Crippen LogP contribution in [0.2, 0.25) is 0 Å². The van der Waals surface area contributed by atoms with E-state index < -0.39 is 15.8 Å². The molecule has 0 bridgehead atoms. The van der Waals surface area contributed by atoms with E-state index in [0.717, 1.165) is 49.3 Å². The number of primary sulfonamides is 1. The Bertz CT molecular complexity index is 1270. The first-order chi connectivity index (χ1) is 19.2. The van der Waals surface area contributed by atoms with Gasteiger partial charge in [0.1, 0.15) is 11.5 Å². The highest BCUT2D eigenvalue weighted by Gasteiger charge is 2.28. The van der Waals surface area contributed by atoms with Crippen molar-refractivity contribution >= 4 is 37.5 Å². The summed E-state index contributed by atoms with van der Waals surface area (Å²) in [5.41, 5.74) is 2.37. The predicted octanol–water partition coefficient (Wildman–Crippen LogP) is 2.54. The second-order valence-corrected chi connectivity index (χ2v) is 12.0. The first-order valence-corrected chi connectivity index (χ1v) is 15.7. The molecule has 4 rings (SSSR count). The van der Waals surface area contributed by atoms with E-state index in [1.54, 1.807) is 36.3 Å². The summed E-state index contributed by atoms with van der Waals surface area (Å²) in [6, 6.07) is 8.70. The Kier molecular flexibility index (Phi) is 11.2. The highest BCUT2D eigenvalue weighted by Crippen LogP contribution is 2.35. The monoisotopic (exact) mass is 641 g/mol. The molecule has 2 heterocycles. The molecule has 0 radical (unpaired) electrons. The fourth-order valence-corrected chi connectivity index (χ4v) is 5.81. The molecule has 40 heavy (non-hydrogen) atoms. The second-order valence-electron chi connectivity index (χ2n) is 9.57. The van der Waals surface area contributed by atoms with Crippen molar-refractivity contribution in [3.8, 4) is 11.5 Å². The highest BCUT2D eigenvalue weighted by atomic mass is 79.9. The summed E-state index contributed by atoms with van der Waals surface area (Å²) in [6.45, 7) is 5.93. The van der Waals surface area contributed by atoms with Crippen molar-refractivity contribution < 1.29 is 36.9 Å². The molecule has 1 amide bonds. The van der Waals surface area contributed by atoms with Gasteiger partial charge in [-0.15, -0.1) is 0 Å². The Labute approximate surface area is 243 Å². The number of anilines is 1. The van der Waals surface area contributed by atoms with Gasteiger partial charge in [-0.1, -0.05) is 0 Å². The molecule has 2 aromatic rings. The molecule has 2 aromatic carbocycles. The van der Waals surface area contributed by atoms with Gasteiger partial charge in [-0.3, -0.25) is 9.69 Å². The zero-order valence-electron chi connectivity index (χ0n) is 22.6. The van der Waals surface area contributed by atoms with Crippen LogP contribution in [0.5, 0.6) is 11.5 Å². The fourth-order valence-electron chi connectivity index (χ4n) is 4.64. The maximum atomic E-state index is 13.6. The van der Waals surface area contributed by atoms with Crippen LogP contribution < -0.4 is 19.5 Å². The Morgan fingerprint density at radius 2 is 1.82 bits per heavy atom. The average molecular weight is 643 g/mol. The van der Waals surface area contributed by atoms with Gasteiger partial charge in [0.15, 0.2) is 6.79 Å². The summed E-state index contributed by atoms with van der Waals surface area (Å²) in [6.07, 6.45) is 1.50. The number of fused-ring (bicyclic) bond motifs is 1. The van der Waals surface area contributed by atoms with Gasteiger partial charge in [-0.05, 0) is 64.7 Å². The van der Waals surface area contributed by atoms with E-state index in [2.05, 4.69) is 20.8 Å². The number of nitrogens with zero attached hydrogens (tertiary/aromatic N) is 2. The molecular formula is C27H36BrN3O8S. The lowest BCUT2D eigenvalue weighted by Crippen LogP contribution is -2.38. The van der Waals surface area contributed by atoms with Crippen molar-refractivity contribution in [3.63, 3.8) is 0 Å². The molecule has 13 heteroatoms. The zero-order valence-corrected chi connectivity index (χ0v) is 25.0. The first-order valence-electron chi connectivity index (χ1n) is 13.2. The summed E-state index contributed by atoms with van der Waals surface area (Å²) in [7, 11) is -2.29. The van der Waals surface area contributed by atoms with Crippen LogP contribution in [0, 0.1) is 0 Å². The molecule has 2 aliphatic rings. The van der Waals surface area contributed by atoms with E-state index in [0.29, 0.717) is 61.1 Å². The number of amides is 1. The number of ether oxygens (including phenoxy) is 5. The van der Waals surface area contributed by atoms with Crippen LogP contribution in [0.3, 0.4) is 0 Å². The van der Waals surface area contributed by atoms with Crippen molar-refractivity contribution in [2.45, 2.75) is 18.6 Å². The van der Waals surface area contributed by atoms with E-state index in [1.165, 1.54) is 0 Å². The molecule has 11 nitrogen and oxygen atoms in total. The Morgan fingerprint density at radius 1 is 1.02 bits per heavy atom. The Hall–Kier alpha value is -2.26. The number of methoxy groups -OCH3 is 1. The number of rotatable bonds is 14. The standard InChI is InChI=1S/C27H36BrN3O8S/c1-35-13-14-37-19-39-25-4-3-22(15-21(25)18-40(29,33)34)31-7-5-20-16-24(28)26(17-23(20)27(31)32)38-10-2-6-30-8-11-36-12-9-30/h3-4,15-17H,2,5-14,18-19H2,1H3,(H2,29,33,34). The van der Waals surface area contributed by atoms with Crippen molar-refractivity contribution in [3.05, 3.63) is 51.5 Å². The number of benzene rings is 2. The van der Waals surface area contributed by atoms with Crippen LogP contribution in [0.1, 0.15) is 27.9 Å². The molecule has 1 fully saturated rings. The molecule has 0 aliphatic carbocycles. The fraction of sp³-hybridized carbons (Fsp3) is 0.519. The summed E-state index contributed by atoms with van der Waals surface area (Å²) < 4.78 is 52.0. The first kappa shape index (κ1) is 30.7. The zero-order chi connectivity index (χ0) is 28.5. The summed E-state index contributed by atoms with van der Waals surface area (Å²) in [5.74, 6) is 0.298. The third kappa shape index (κ3) is 8.62. The van der Waals surface area contributed by atoms with Crippen molar-refractivity contribution in [1.29, 1.82) is 0 Å². The number of morpholine rings is 1. The average Bonchev–Trinajstić information content (AvgIpc) is 2.92. The minimum atomic E-state index is -3.85. The number of hydrogen-bond donors (Lipinski definition) is 1. The molecule has 220 valence electrons. The van der Waals surface area contributed by atoms with E-state index in [-0.39, 0.29) is 12.7 Å². The van der Waals surface area contributed by atoms with E-state index in [1.807, 2.05) is 6.07 Å². The van der Waals surface area contributed by atoms with E-state index >= 15 is 0 Å². The number of hydrogen-bond acceptors (Lipinski definition) is 9. The smallest absolute Gasteiger partial charge is 0.258 e. The predicted molar refractivity (Wildman–Crippen MR) is 153 cm³/mol. The largest absolute Gasteiger partial charge is 0.492 e. The second kappa shape index (κ2) is 14.6. The summed E-state index contributed by atoms with van der Waals surface area (Å²) in [5, 5.41) is 5.33. The molecule has 1 saturated heterocycles. The lowest BCUT2D eigenvalue weighted by Gasteiger charge is -2.30. The van der Waals surface area contributed by atoms with Crippen LogP contribution >= 0.6 is 15.9 Å². The maximum Gasteiger partial charge on any atom is 0.258 e. The summed E-state index contributed by atoms with van der Waals surface area (Å²) in [4.78, 5) is 17.6. The van der Waals surface area contributed by atoms with Gasteiger partial charge < -0.3 is 28.6 Å². The molecule has 0 aromatic heterocycles. The minimum absolute atomic E-state index is 0.0829. The number of sulfonamides is 1. The minimum Gasteiger partial charge on any atom is -0.492 e. The summed E-state index contributed by atoms with van der Waals surface area (Å²) >= 11 is 3.59. The van der Waals surface area contributed by atoms with Gasteiger partial charge in [0.2, 0.25) is 10.0 Å². The van der Waals surface area contributed by atoms with Gasteiger partial charge in [-0.25, -0.2) is 13.6 Å². The molecule has 2 aliphatic heterocycles. The molecule has 0 unspecified atom stereocenters. The maximum absolute atomic E-state index is 13.6. The highest BCUT2D eigenvalue weighted by molar-refractivity contribution is 9.10. The lowest BCUT2D eigenvalue weighted by molar-refractivity contribution is -0.00879. The topological polar surface area (TPSA) is 130 Å². The van der Waals surface area contributed by atoms with Gasteiger partial charge in [-0.2, -0.15) is 0 Å². The van der Waals surface area contributed by atoms with Crippen LogP contribution in [0.25, 0.3) is 0 Å². The molecule has 0 spiro atoms. The van der Waals surface area contributed by atoms with Crippen molar-refractivity contribution in [2.24, 2.45) is 5.14 Å². The molecule has 0 saturated carbocycles. The third-order valence-corrected chi connectivity index (χ3v) is 7.99. The number of nitrogens with two attached hydrogens (primary N) is 1. The van der Waals surface area contributed by atoms with Gasteiger partial charge in [0, 0.05) is 50.1 Å². The molecule has 0 atom stereocenters. The Morgan fingerprint density at radius 3 is 2.58 bits per heavy atom. The quantitative estimate of drug-likeness (QED) is 0.244. The lowest BCUT2D eigenvalue weighted by atomic mass is 9.98. The van der Waals surface area contributed by atoms with Crippen LogP contribution in [0.15, 0.2) is 34.8 Å². The van der Waals surface area contributed by atoms with Gasteiger partial charge >= 0.3 is 0 Å². The van der Waals surface area contributed by atoms with Gasteiger partial charge in [0.25, 0.3) is 5.91 Å². The normalized spacial score (nSPS) is 16.2. The Balaban J connectivity index is 1.46. The molecular weight excluding hydrogens is 606 g/mol. The number of halogens is 1. The SMILES string of the molecule is COCCOCOc1ccc(N2CCc3cc(Br)c(OCCCN4CCOCC4)cc3C2=O)cc1CS(N)(=O)=O. The van der Waals surface area contributed by atoms with E-state index in [9.17, 15) is 13.2 Å². The molecule has 2 N–H and O–H groups in total. The third-order valence-electron chi connectivity index (χ3n) is 6.66. The number of carbonyl (C=O) groups is 1. The number of carbonyl (C=O) groups excluding carboxylic acids is 1. The van der Waals surface area contributed by atoms with E-state index in [4.69, 9.17) is 28.8 Å². The van der Waals surface area contributed by atoms with Crippen LogP contribution in [0.4, 0.5) is 5.69 Å². The van der Waals surface area contributed by atoms with Crippen LogP contribution in [-0.2, 0) is 36.4 Å².